The molecule has 0 aliphatic carbocycles. The van der Waals surface area contributed by atoms with E-state index in [4.69, 9.17) is 5.73 Å². The molecule has 0 bridgehead atoms. The quantitative estimate of drug-likeness (QED) is 0.562. The topological polar surface area (TPSA) is 69.4 Å². The third-order valence-corrected chi connectivity index (χ3v) is 1.73. The molecule has 0 aromatic heterocycles. The van der Waals surface area contributed by atoms with Crippen LogP contribution in [0.3, 0.4) is 0 Å². The lowest BCUT2D eigenvalue weighted by atomic mass is 10.1. The van der Waals surface area contributed by atoms with Gasteiger partial charge in [0, 0.05) is 0 Å². The summed E-state index contributed by atoms with van der Waals surface area (Å²) >= 11 is 0. The zero-order valence-electron chi connectivity index (χ0n) is 6.66. The Bertz CT molecular complexity index is 150. The van der Waals surface area contributed by atoms with Gasteiger partial charge in [-0.2, -0.15) is 0 Å². The molecule has 0 spiro atoms. The molecular weight excluding hydrogens is 166 g/mol. The third-order valence-electron chi connectivity index (χ3n) is 1.37. The smallest absolute Gasteiger partial charge is 0.257 e. The van der Waals surface area contributed by atoms with E-state index in [1.165, 1.54) is 0 Å². The van der Waals surface area contributed by atoms with E-state index >= 15 is 0 Å². The number of hydrogen-bond acceptors (Lipinski definition) is 4. The molecule has 1 atom stereocenters. The Labute approximate surface area is 68.9 Å². The van der Waals surface area contributed by atoms with Crippen LogP contribution in [0, 0.1) is 5.92 Å². The number of thiol groups is 1. The predicted molar refractivity (Wildman–Crippen MR) is 43.7 cm³/mol. The molecule has 5 heteroatoms. The van der Waals surface area contributed by atoms with Crippen molar-refractivity contribution in [1.29, 1.82) is 0 Å². The van der Waals surface area contributed by atoms with Crippen LogP contribution in [0.1, 0.15) is 19.8 Å². The highest BCUT2D eigenvalue weighted by Gasteiger charge is 2.01. The molecular formula is C6H15NO3S. The lowest BCUT2D eigenvalue weighted by Gasteiger charge is -2.06. The fraction of sp³-hybridized carbons (Fsp3) is 1.00. The molecule has 0 amide bonds. The molecule has 11 heavy (non-hydrogen) atoms. The molecule has 0 aliphatic rings. The van der Waals surface area contributed by atoms with Crippen molar-refractivity contribution < 1.29 is 12.6 Å². The number of hydrogen-bond donors (Lipinski definition) is 2. The molecule has 0 aromatic rings. The minimum atomic E-state index is -2.68. The van der Waals surface area contributed by atoms with Gasteiger partial charge >= 0.3 is 0 Å². The van der Waals surface area contributed by atoms with E-state index in [9.17, 15) is 8.42 Å². The molecule has 68 valence electrons. The van der Waals surface area contributed by atoms with Gasteiger partial charge < -0.3 is 5.73 Å². The van der Waals surface area contributed by atoms with Gasteiger partial charge in [0.25, 0.3) is 11.0 Å². The van der Waals surface area contributed by atoms with Crippen molar-refractivity contribution in [2.45, 2.75) is 19.8 Å². The van der Waals surface area contributed by atoms with Crippen LogP contribution in [0.2, 0.25) is 0 Å². The van der Waals surface area contributed by atoms with Crippen molar-refractivity contribution in [3.05, 3.63) is 0 Å². The van der Waals surface area contributed by atoms with Crippen LogP contribution < -0.4 is 5.73 Å². The fourth-order valence-corrected chi connectivity index (χ4v) is 1.11. The first kappa shape index (κ1) is 10.9. The summed E-state index contributed by atoms with van der Waals surface area (Å²) in [5.41, 5.74) is 5.27. The van der Waals surface area contributed by atoms with E-state index in [0.29, 0.717) is 6.54 Å². The maximum atomic E-state index is 9.97. The minimum Gasteiger partial charge on any atom is -0.330 e. The Hall–Kier alpha value is -0.130. The summed E-state index contributed by atoms with van der Waals surface area (Å²) < 4.78 is 24.3. The molecule has 1 unspecified atom stereocenters. The van der Waals surface area contributed by atoms with Crippen molar-refractivity contribution in [2.24, 2.45) is 11.7 Å². The molecule has 0 aliphatic heterocycles. The number of rotatable bonds is 6. The highest BCUT2D eigenvalue weighted by atomic mass is 32.2. The lowest BCUT2D eigenvalue weighted by molar-refractivity contribution is 0.265. The van der Waals surface area contributed by atoms with Gasteiger partial charge in [0.15, 0.2) is 0 Å². The van der Waals surface area contributed by atoms with Gasteiger partial charge in [0.1, 0.15) is 0 Å². The van der Waals surface area contributed by atoms with Gasteiger partial charge in [-0.1, -0.05) is 6.92 Å². The first-order chi connectivity index (χ1) is 5.16. The second-order valence-electron chi connectivity index (χ2n) is 2.56. The summed E-state index contributed by atoms with van der Waals surface area (Å²) in [7, 11) is -2.68. The summed E-state index contributed by atoms with van der Waals surface area (Å²) in [5.74, 6) is 0.270. The van der Waals surface area contributed by atoms with Gasteiger partial charge in [-0.15, -0.1) is 0 Å². The normalized spacial score (nSPS) is 13.7. The highest BCUT2D eigenvalue weighted by Crippen LogP contribution is 2.04. The first-order valence-electron chi connectivity index (χ1n) is 3.64. The van der Waals surface area contributed by atoms with Crippen LogP contribution >= 0.6 is 0 Å². The first-order valence-corrected chi connectivity index (χ1v) is 4.73. The molecule has 0 rings (SSSR count). The van der Waals surface area contributed by atoms with Crippen LogP contribution in [0.5, 0.6) is 0 Å². The second kappa shape index (κ2) is 6.57. The third kappa shape index (κ3) is 7.77. The van der Waals surface area contributed by atoms with Crippen molar-refractivity contribution in [1.82, 2.24) is 0 Å². The Morgan fingerprint density at radius 1 is 1.55 bits per heavy atom. The summed E-state index contributed by atoms with van der Waals surface area (Å²) in [6.07, 6.45) is 1.83. The molecule has 0 aromatic carbocycles. The maximum absolute atomic E-state index is 9.97. The van der Waals surface area contributed by atoms with E-state index in [2.05, 4.69) is 4.18 Å². The van der Waals surface area contributed by atoms with E-state index in [0.717, 1.165) is 12.8 Å². The summed E-state index contributed by atoms with van der Waals surface area (Å²) in [6, 6.07) is 0. The average Bonchev–Trinajstić information content (AvgIpc) is 1.97. The minimum absolute atomic E-state index is 0.270. The van der Waals surface area contributed by atoms with Crippen molar-refractivity contribution in [2.75, 3.05) is 13.2 Å². The van der Waals surface area contributed by atoms with E-state index in [1.54, 1.807) is 0 Å². The van der Waals surface area contributed by atoms with Gasteiger partial charge in [0.2, 0.25) is 0 Å². The zero-order chi connectivity index (χ0) is 8.69. The van der Waals surface area contributed by atoms with Crippen molar-refractivity contribution in [3.63, 3.8) is 0 Å². The second-order valence-corrected chi connectivity index (χ2v) is 3.26. The molecule has 4 nitrogen and oxygen atoms in total. The van der Waals surface area contributed by atoms with Crippen LogP contribution in [0.4, 0.5) is 0 Å². The van der Waals surface area contributed by atoms with Gasteiger partial charge in [-0.25, -0.2) is 8.42 Å². The van der Waals surface area contributed by atoms with Crippen LogP contribution in [-0.4, -0.2) is 21.6 Å². The molecule has 0 radical (unpaired) electrons. The monoisotopic (exact) mass is 181 g/mol. The Kier molecular flexibility index (Phi) is 6.49. The average molecular weight is 181 g/mol. The number of nitrogens with two attached hydrogens (primary N) is 1. The standard InChI is InChI=1S/C6H15NO3S/c1-6(3-2-4-7)5-10-11(8)9/h6,11H,2-5,7H2,1H3. The summed E-state index contributed by atoms with van der Waals surface area (Å²) in [6.45, 7) is 2.86. The van der Waals surface area contributed by atoms with E-state index in [-0.39, 0.29) is 12.5 Å². The van der Waals surface area contributed by atoms with E-state index in [1.807, 2.05) is 6.92 Å². The molecule has 0 heterocycles. The van der Waals surface area contributed by atoms with Gasteiger partial charge in [-0.3, -0.25) is 4.18 Å². The van der Waals surface area contributed by atoms with Crippen molar-refractivity contribution in [3.8, 4) is 0 Å². The zero-order valence-corrected chi connectivity index (χ0v) is 7.55. The predicted octanol–water partition coefficient (Wildman–Crippen LogP) is -0.0956. The summed E-state index contributed by atoms with van der Waals surface area (Å²) in [5, 5.41) is 0. The Balaban J connectivity index is 3.29. The highest BCUT2D eigenvalue weighted by molar-refractivity contribution is 7.67. The molecule has 0 saturated heterocycles. The molecule has 0 fully saturated rings. The summed E-state index contributed by atoms with van der Waals surface area (Å²) in [4.78, 5) is 0. The van der Waals surface area contributed by atoms with Crippen molar-refractivity contribution >= 4 is 11.0 Å². The maximum Gasteiger partial charge on any atom is 0.257 e. The van der Waals surface area contributed by atoms with Crippen LogP contribution in [0.25, 0.3) is 0 Å². The Morgan fingerprint density at radius 3 is 2.64 bits per heavy atom. The largest absolute Gasteiger partial charge is 0.330 e. The Morgan fingerprint density at radius 2 is 2.18 bits per heavy atom. The molecule has 2 N–H and O–H groups in total. The van der Waals surface area contributed by atoms with Crippen LogP contribution in [0.15, 0.2) is 0 Å². The van der Waals surface area contributed by atoms with Gasteiger partial charge in [0.05, 0.1) is 6.61 Å². The van der Waals surface area contributed by atoms with Gasteiger partial charge in [-0.05, 0) is 25.3 Å². The molecule has 0 saturated carbocycles. The lowest BCUT2D eigenvalue weighted by Crippen LogP contribution is -2.08. The van der Waals surface area contributed by atoms with Crippen LogP contribution in [-0.2, 0) is 15.2 Å². The van der Waals surface area contributed by atoms with E-state index < -0.39 is 11.0 Å². The fourth-order valence-electron chi connectivity index (χ4n) is 0.738. The SMILES string of the molecule is CC(CCCN)CO[SH](=O)=O.